The molecule has 1 aromatic carbocycles. The molecular weight excluding hydrogens is 346 g/mol. The predicted octanol–water partition coefficient (Wildman–Crippen LogP) is 4.57. The number of carbonyl (C=O) groups excluding carboxylic acids is 2. The number of hydrogen-bond donors (Lipinski definition) is 1. The molecule has 0 radical (unpaired) electrons. The van der Waals surface area contributed by atoms with Gasteiger partial charge in [-0.25, -0.2) is 0 Å². The molecule has 0 bridgehead atoms. The highest BCUT2D eigenvalue weighted by atomic mass is 32.1. The van der Waals surface area contributed by atoms with Crippen LogP contribution in [-0.2, 0) is 16.1 Å². The molecule has 5 heteroatoms. The number of aliphatic hydroxyl groups excluding tert-OH is 1. The summed E-state index contributed by atoms with van der Waals surface area (Å²) in [5, 5.41) is 12.5. The zero-order valence-electron chi connectivity index (χ0n) is 15.2. The van der Waals surface area contributed by atoms with Gasteiger partial charge in [-0.2, -0.15) is 0 Å². The van der Waals surface area contributed by atoms with E-state index in [1.807, 2.05) is 62.5 Å². The molecule has 1 aromatic heterocycles. The van der Waals surface area contributed by atoms with Gasteiger partial charge in [-0.1, -0.05) is 49.7 Å². The number of thiophene rings is 1. The first-order valence-corrected chi connectivity index (χ1v) is 9.62. The van der Waals surface area contributed by atoms with Gasteiger partial charge in [0.2, 0.25) is 0 Å². The van der Waals surface area contributed by atoms with E-state index < -0.39 is 17.7 Å². The summed E-state index contributed by atoms with van der Waals surface area (Å²) < 4.78 is 0. The van der Waals surface area contributed by atoms with Gasteiger partial charge in [0.25, 0.3) is 5.91 Å². The Bertz CT molecular complexity index is 852. The molecule has 1 atom stereocenters. The molecular formula is C21H23NO3S. The Morgan fingerprint density at radius 2 is 2.04 bits per heavy atom. The van der Waals surface area contributed by atoms with Gasteiger partial charge in [0.05, 0.1) is 18.2 Å². The van der Waals surface area contributed by atoms with Crippen LogP contribution >= 0.6 is 11.3 Å². The Morgan fingerprint density at radius 1 is 1.27 bits per heavy atom. The van der Waals surface area contributed by atoms with Crippen molar-refractivity contribution in [3.63, 3.8) is 0 Å². The topological polar surface area (TPSA) is 57.6 Å². The Kier molecular flexibility index (Phi) is 5.28. The normalized spacial score (nSPS) is 17.5. The molecule has 1 aliphatic heterocycles. The second kappa shape index (κ2) is 7.46. The molecule has 1 N–H and O–H groups in total. The van der Waals surface area contributed by atoms with Crippen molar-refractivity contribution in [2.24, 2.45) is 5.92 Å². The van der Waals surface area contributed by atoms with E-state index in [1.54, 1.807) is 16.2 Å². The van der Waals surface area contributed by atoms with E-state index in [-0.39, 0.29) is 17.3 Å². The van der Waals surface area contributed by atoms with E-state index in [0.717, 1.165) is 16.0 Å². The molecule has 4 nitrogen and oxygen atoms in total. The van der Waals surface area contributed by atoms with Gasteiger partial charge < -0.3 is 10.0 Å². The van der Waals surface area contributed by atoms with E-state index in [1.165, 1.54) is 0 Å². The molecule has 0 aliphatic carbocycles. The molecule has 1 unspecified atom stereocenters. The largest absolute Gasteiger partial charge is 0.503 e. The molecule has 0 fully saturated rings. The minimum absolute atomic E-state index is 0.155. The van der Waals surface area contributed by atoms with Gasteiger partial charge in [-0.3, -0.25) is 9.59 Å². The lowest BCUT2D eigenvalue weighted by atomic mass is 9.91. The van der Waals surface area contributed by atoms with Crippen LogP contribution in [-0.4, -0.2) is 21.7 Å². The summed E-state index contributed by atoms with van der Waals surface area (Å²) in [6.07, 6.45) is 0.307. The van der Waals surface area contributed by atoms with Crippen LogP contribution in [0.1, 0.15) is 42.3 Å². The van der Waals surface area contributed by atoms with E-state index in [0.29, 0.717) is 13.0 Å². The molecule has 1 amide bonds. The molecule has 2 heterocycles. The molecule has 26 heavy (non-hydrogen) atoms. The second-order valence-corrected chi connectivity index (χ2v) is 8.14. The number of aryl methyl sites for hydroxylation is 1. The second-order valence-electron chi connectivity index (χ2n) is 7.11. The van der Waals surface area contributed by atoms with E-state index in [4.69, 9.17) is 0 Å². The fraction of sp³-hybridized carbons (Fsp3) is 0.333. The molecule has 0 spiro atoms. The van der Waals surface area contributed by atoms with Gasteiger partial charge >= 0.3 is 0 Å². The Morgan fingerprint density at radius 3 is 2.65 bits per heavy atom. The number of carbonyl (C=O) groups is 2. The van der Waals surface area contributed by atoms with Crippen molar-refractivity contribution in [2.75, 3.05) is 0 Å². The third-order valence-corrected chi connectivity index (χ3v) is 5.32. The lowest BCUT2D eigenvalue weighted by molar-refractivity contribution is -0.130. The lowest BCUT2D eigenvalue weighted by Gasteiger charge is -2.27. The third-order valence-electron chi connectivity index (χ3n) is 4.46. The van der Waals surface area contributed by atoms with Crippen LogP contribution in [0.15, 0.2) is 53.1 Å². The van der Waals surface area contributed by atoms with E-state index in [9.17, 15) is 14.7 Å². The first-order chi connectivity index (χ1) is 12.4. The fourth-order valence-electron chi connectivity index (χ4n) is 3.34. The summed E-state index contributed by atoms with van der Waals surface area (Å²) >= 11 is 1.55. The molecule has 3 rings (SSSR count). The standard InChI is InChI=1S/C21H23NO3S/c1-13(2)10-17(23)18-19(15-7-4-6-14(3)11-15)22(21(25)20(18)24)12-16-8-5-9-26-16/h4-9,11,13,19,24H,10,12H2,1-3H3. The predicted molar refractivity (Wildman–Crippen MR) is 103 cm³/mol. The maximum absolute atomic E-state index is 12.8. The Hall–Kier alpha value is -2.40. The maximum atomic E-state index is 12.8. The summed E-state index contributed by atoms with van der Waals surface area (Å²) in [6, 6.07) is 11.1. The average molecular weight is 369 g/mol. The summed E-state index contributed by atoms with van der Waals surface area (Å²) in [7, 11) is 0. The summed E-state index contributed by atoms with van der Waals surface area (Å²) in [6.45, 7) is 6.26. The highest BCUT2D eigenvalue weighted by Crippen LogP contribution is 2.40. The summed E-state index contributed by atoms with van der Waals surface area (Å²) in [5.74, 6) is -0.885. The van der Waals surface area contributed by atoms with Crippen molar-refractivity contribution in [3.05, 3.63) is 69.1 Å². The average Bonchev–Trinajstić information content (AvgIpc) is 3.16. The number of aliphatic hydroxyl groups is 1. The van der Waals surface area contributed by atoms with Gasteiger partial charge in [0.1, 0.15) is 0 Å². The van der Waals surface area contributed by atoms with Crippen LogP contribution in [0, 0.1) is 12.8 Å². The minimum Gasteiger partial charge on any atom is -0.503 e. The van der Waals surface area contributed by atoms with Crippen LogP contribution in [0.4, 0.5) is 0 Å². The van der Waals surface area contributed by atoms with Gasteiger partial charge in [0, 0.05) is 11.3 Å². The van der Waals surface area contributed by atoms with Crippen molar-refractivity contribution >= 4 is 23.0 Å². The molecule has 1 aliphatic rings. The minimum atomic E-state index is -0.546. The first-order valence-electron chi connectivity index (χ1n) is 8.74. The van der Waals surface area contributed by atoms with Crippen molar-refractivity contribution < 1.29 is 14.7 Å². The highest BCUT2D eigenvalue weighted by Gasteiger charge is 2.43. The van der Waals surface area contributed by atoms with Crippen LogP contribution in [0.25, 0.3) is 0 Å². The van der Waals surface area contributed by atoms with Crippen molar-refractivity contribution in [3.8, 4) is 0 Å². The summed E-state index contributed by atoms with van der Waals surface area (Å²) in [4.78, 5) is 28.2. The monoisotopic (exact) mass is 369 g/mol. The van der Waals surface area contributed by atoms with E-state index >= 15 is 0 Å². The van der Waals surface area contributed by atoms with Crippen molar-refractivity contribution in [1.29, 1.82) is 0 Å². The van der Waals surface area contributed by atoms with Crippen LogP contribution < -0.4 is 0 Å². The number of ketones is 1. The molecule has 0 saturated carbocycles. The number of nitrogens with zero attached hydrogens (tertiary/aromatic N) is 1. The number of benzene rings is 1. The van der Waals surface area contributed by atoms with Gasteiger partial charge in [0.15, 0.2) is 11.5 Å². The lowest BCUT2D eigenvalue weighted by Crippen LogP contribution is -2.30. The summed E-state index contributed by atoms with van der Waals surface area (Å²) in [5.41, 5.74) is 2.13. The smallest absolute Gasteiger partial charge is 0.290 e. The number of amides is 1. The van der Waals surface area contributed by atoms with Crippen molar-refractivity contribution in [2.45, 2.75) is 39.8 Å². The number of Topliss-reactive ketones (excluding diaryl/α,β-unsaturated/α-hetero) is 1. The first kappa shape index (κ1) is 18.4. The molecule has 2 aromatic rings. The quantitative estimate of drug-likeness (QED) is 0.811. The number of hydrogen-bond acceptors (Lipinski definition) is 4. The number of rotatable bonds is 6. The van der Waals surface area contributed by atoms with Crippen LogP contribution in [0.2, 0.25) is 0 Å². The molecule has 136 valence electrons. The van der Waals surface area contributed by atoms with Crippen LogP contribution in [0.3, 0.4) is 0 Å². The van der Waals surface area contributed by atoms with Crippen molar-refractivity contribution in [1.82, 2.24) is 4.90 Å². The van der Waals surface area contributed by atoms with Crippen LogP contribution in [0.5, 0.6) is 0 Å². The Balaban J connectivity index is 2.05. The SMILES string of the molecule is Cc1cccc(C2C(C(=O)CC(C)C)=C(O)C(=O)N2Cc2cccs2)c1. The zero-order chi connectivity index (χ0) is 18.8. The highest BCUT2D eigenvalue weighted by molar-refractivity contribution is 7.09. The van der Waals surface area contributed by atoms with Gasteiger partial charge in [-0.15, -0.1) is 11.3 Å². The fourth-order valence-corrected chi connectivity index (χ4v) is 4.04. The maximum Gasteiger partial charge on any atom is 0.290 e. The zero-order valence-corrected chi connectivity index (χ0v) is 16.0. The molecule has 0 saturated heterocycles. The third kappa shape index (κ3) is 3.58. The van der Waals surface area contributed by atoms with Gasteiger partial charge in [-0.05, 0) is 29.9 Å². The van der Waals surface area contributed by atoms with E-state index in [2.05, 4.69) is 0 Å². The Labute approximate surface area is 157 Å².